The van der Waals surface area contributed by atoms with Crippen LogP contribution in [0, 0.1) is 0 Å². The summed E-state index contributed by atoms with van der Waals surface area (Å²) in [6, 6.07) is 8.10. The molecule has 1 fully saturated rings. The van der Waals surface area contributed by atoms with Crippen LogP contribution in [-0.2, 0) is 4.74 Å². The van der Waals surface area contributed by atoms with Gasteiger partial charge in [0.25, 0.3) is 0 Å². The van der Waals surface area contributed by atoms with E-state index in [0.29, 0.717) is 6.54 Å². The molecule has 0 amide bonds. The molecule has 16 heavy (non-hydrogen) atoms. The molecule has 88 valence electrons. The summed E-state index contributed by atoms with van der Waals surface area (Å²) < 4.78 is 11.1. The van der Waals surface area contributed by atoms with Gasteiger partial charge in [-0.15, -0.1) is 0 Å². The second-order valence-electron chi connectivity index (χ2n) is 4.19. The number of nitrogens with two attached hydrogens (primary N) is 1. The monoisotopic (exact) mass is 221 g/mol. The number of methoxy groups -OCH3 is 1. The molecule has 3 nitrogen and oxygen atoms in total. The van der Waals surface area contributed by atoms with Crippen molar-refractivity contribution >= 4 is 0 Å². The first-order valence-corrected chi connectivity index (χ1v) is 5.83. The van der Waals surface area contributed by atoms with Gasteiger partial charge in [-0.3, -0.25) is 0 Å². The number of rotatable bonds is 3. The van der Waals surface area contributed by atoms with Gasteiger partial charge in [-0.2, -0.15) is 0 Å². The zero-order valence-corrected chi connectivity index (χ0v) is 9.69. The molecule has 0 radical (unpaired) electrons. The minimum absolute atomic E-state index is 0.202. The van der Waals surface area contributed by atoms with Crippen molar-refractivity contribution in [3.8, 4) is 5.75 Å². The van der Waals surface area contributed by atoms with E-state index in [2.05, 4.69) is 12.1 Å². The molecule has 1 heterocycles. The Morgan fingerprint density at radius 1 is 1.31 bits per heavy atom. The first-order valence-electron chi connectivity index (χ1n) is 5.83. The van der Waals surface area contributed by atoms with Crippen LogP contribution in [-0.4, -0.2) is 19.8 Å². The van der Waals surface area contributed by atoms with Gasteiger partial charge >= 0.3 is 0 Å². The van der Waals surface area contributed by atoms with Crippen molar-refractivity contribution < 1.29 is 9.47 Å². The fourth-order valence-electron chi connectivity index (χ4n) is 2.14. The summed E-state index contributed by atoms with van der Waals surface area (Å²) in [5.41, 5.74) is 6.87. The largest absolute Gasteiger partial charge is 0.497 e. The SMILES string of the molecule is COc1ccc([C@H]2CCC[C@@H](CN)O2)cc1. The minimum Gasteiger partial charge on any atom is -0.497 e. The molecule has 1 saturated heterocycles. The van der Waals surface area contributed by atoms with E-state index >= 15 is 0 Å². The summed E-state index contributed by atoms with van der Waals surface area (Å²) in [4.78, 5) is 0. The third-order valence-corrected chi connectivity index (χ3v) is 3.10. The lowest BCUT2D eigenvalue weighted by Gasteiger charge is -2.29. The molecule has 2 N–H and O–H groups in total. The maximum absolute atomic E-state index is 5.93. The molecule has 1 aliphatic heterocycles. The van der Waals surface area contributed by atoms with E-state index in [4.69, 9.17) is 15.2 Å². The number of hydrogen-bond acceptors (Lipinski definition) is 3. The zero-order chi connectivity index (χ0) is 11.4. The molecule has 0 aliphatic carbocycles. The lowest BCUT2D eigenvalue weighted by atomic mass is 9.98. The van der Waals surface area contributed by atoms with Gasteiger partial charge in [0.1, 0.15) is 5.75 Å². The number of benzene rings is 1. The van der Waals surface area contributed by atoms with E-state index in [9.17, 15) is 0 Å². The molecule has 3 heteroatoms. The minimum atomic E-state index is 0.202. The van der Waals surface area contributed by atoms with Crippen LogP contribution in [0.2, 0.25) is 0 Å². The second-order valence-corrected chi connectivity index (χ2v) is 4.19. The van der Waals surface area contributed by atoms with Gasteiger partial charge < -0.3 is 15.2 Å². The van der Waals surface area contributed by atoms with Gasteiger partial charge in [-0.05, 0) is 37.0 Å². The molecule has 1 aromatic rings. The average Bonchev–Trinajstić information content (AvgIpc) is 2.39. The fourth-order valence-corrected chi connectivity index (χ4v) is 2.14. The Morgan fingerprint density at radius 3 is 2.69 bits per heavy atom. The summed E-state index contributed by atoms with van der Waals surface area (Å²) in [5.74, 6) is 0.884. The highest BCUT2D eigenvalue weighted by molar-refractivity contribution is 5.28. The summed E-state index contributed by atoms with van der Waals surface area (Å²) in [5, 5.41) is 0. The van der Waals surface area contributed by atoms with Crippen LogP contribution in [0.15, 0.2) is 24.3 Å². The molecule has 0 bridgehead atoms. The van der Waals surface area contributed by atoms with E-state index in [1.165, 1.54) is 12.0 Å². The van der Waals surface area contributed by atoms with Crippen molar-refractivity contribution in [2.45, 2.75) is 31.5 Å². The molecular formula is C13H19NO2. The first-order chi connectivity index (χ1) is 7.83. The lowest BCUT2D eigenvalue weighted by molar-refractivity contribution is -0.0462. The zero-order valence-electron chi connectivity index (χ0n) is 9.69. The smallest absolute Gasteiger partial charge is 0.118 e. The molecule has 0 aromatic heterocycles. The van der Waals surface area contributed by atoms with Gasteiger partial charge in [-0.1, -0.05) is 12.1 Å². The van der Waals surface area contributed by atoms with Crippen molar-refractivity contribution in [3.63, 3.8) is 0 Å². The van der Waals surface area contributed by atoms with Gasteiger partial charge in [0.05, 0.1) is 19.3 Å². The van der Waals surface area contributed by atoms with Gasteiger partial charge in [-0.25, -0.2) is 0 Å². The van der Waals surface area contributed by atoms with Crippen LogP contribution in [0.25, 0.3) is 0 Å². The van der Waals surface area contributed by atoms with Gasteiger partial charge in [0, 0.05) is 6.54 Å². The topological polar surface area (TPSA) is 44.5 Å². The maximum atomic E-state index is 5.93. The molecule has 2 atom stereocenters. The van der Waals surface area contributed by atoms with Crippen molar-refractivity contribution in [3.05, 3.63) is 29.8 Å². The standard InChI is InChI=1S/C13H19NO2/c1-15-11-7-5-10(6-8-11)13-4-2-3-12(9-14)16-13/h5-8,12-13H,2-4,9,14H2,1H3/t12-,13+/m0/s1. The van der Waals surface area contributed by atoms with Crippen LogP contribution >= 0.6 is 0 Å². The van der Waals surface area contributed by atoms with Crippen LogP contribution in [0.4, 0.5) is 0 Å². The Morgan fingerprint density at radius 2 is 2.06 bits per heavy atom. The summed E-state index contributed by atoms with van der Waals surface area (Å²) in [6.07, 6.45) is 3.79. The average molecular weight is 221 g/mol. The molecule has 0 spiro atoms. The molecule has 1 aliphatic rings. The van der Waals surface area contributed by atoms with Crippen molar-refractivity contribution in [1.29, 1.82) is 0 Å². The van der Waals surface area contributed by atoms with Crippen molar-refractivity contribution in [2.24, 2.45) is 5.73 Å². The Hall–Kier alpha value is -1.06. The Balaban J connectivity index is 2.05. The Labute approximate surface area is 96.5 Å². The van der Waals surface area contributed by atoms with Crippen molar-refractivity contribution in [1.82, 2.24) is 0 Å². The highest BCUT2D eigenvalue weighted by Gasteiger charge is 2.22. The second kappa shape index (κ2) is 5.32. The Kier molecular flexibility index (Phi) is 3.80. The van der Waals surface area contributed by atoms with Crippen LogP contribution in [0.3, 0.4) is 0 Å². The fraction of sp³-hybridized carbons (Fsp3) is 0.538. The van der Waals surface area contributed by atoms with Gasteiger partial charge in [0.15, 0.2) is 0 Å². The molecule has 1 aromatic carbocycles. The molecular weight excluding hydrogens is 202 g/mol. The third-order valence-electron chi connectivity index (χ3n) is 3.10. The van der Waals surface area contributed by atoms with E-state index in [1.54, 1.807) is 7.11 Å². The van der Waals surface area contributed by atoms with Crippen LogP contribution in [0.5, 0.6) is 5.75 Å². The number of hydrogen-bond donors (Lipinski definition) is 1. The summed E-state index contributed by atoms with van der Waals surface area (Å²) in [7, 11) is 1.68. The van der Waals surface area contributed by atoms with Crippen molar-refractivity contribution in [2.75, 3.05) is 13.7 Å². The van der Waals surface area contributed by atoms with E-state index in [-0.39, 0.29) is 12.2 Å². The van der Waals surface area contributed by atoms with E-state index in [1.807, 2.05) is 12.1 Å². The third kappa shape index (κ3) is 2.54. The van der Waals surface area contributed by atoms with E-state index in [0.717, 1.165) is 18.6 Å². The molecule has 0 unspecified atom stereocenters. The predicted molar refractivity (Wildman–Crippen MR) is 63.5 cm³/mol. The van der Waals surface area contributed by atoms with Crippen LogP contribution < -0.4 is 10.5 Å². The molecule has 2 rings (SSSR count). The Bertz CT molecular complexity index is 323. The first kappa shape index (κ1) is 11.4. The molecule has 0 saturated carbocycles. The predicted octanol–water partition coefficient (Wildman–Crippen LogP) is 2.26. The highest BCUT2D eigenvalue weighted by atomic mass is 16.5. The van der Waals surface area contributed by atoms with E-state index < -0.39 is 0 Å². The number of ether oxygens (including phenoxy) is 2. The lowest BCUT2D eigenvalue weighted by Crippen LogP contribution is -2.29. The quantitative estimate of drug-likeness (QED) is 0.851. The van der Waals surface area contributed by atoms with Crippen LogP contribution in [0.1, 0.15) is 30.9 Å². The van der Waals surface area contributed by atoms with Gasteiger partial charge in [0.2, 0.25) is 0 Å². The maximum Gasteiger partial charge on any atom is 0.118 e. The normalized spacial score (nSPS) is 25.4. The summed E-state index contributed by atoms with van der Waals surface area (Å²) in [6.45, 7) is 0.618. The summed E-state index contributed by atoms with van der Waals surface area (Å²) >= 11 is 0. The highest BCUT2D eigenvalue weighted by Crippen LogP contribution is 2.31.